The maximum absolute atomic E-state index is 9.35. The summed E-state index contributed by atoms with van der Waals surface area (Å²) in [6, 6.07) is 5.66. The molecule has 1 nitrogen and oxygen atoms in total. The van der Waals surface area contributed by atoms with Crippen LogP contribution in [-0.4, -0.2) is 10.4 Å². The van der Waals surface area contributed by atoms with Crippen molar-refractivity contribution in [2.45, 2.75) is 13.3 Å². The minimum Gasteiger partial charge on any atom is -0.508 e. The van der Waals surface area contributed by atoms with E-state index >= 15 is 0 Å². The monoisotopic (exact) mass is 214 g/mol. The fourth-order valence-corrected chi connectivity index (χ4v) is 1.44. The number of hydrogen-bond acceptors (Lipinski definition) is 1. The van der Waals surface area contributed by atoms with Gasteiger partial charge >= 0.3 is 0 Å². The number of benzene rings is 1. The molecule has 0 amide bonds. The zero-order valence-corrected chi connectivity index (χ0v) is 8.06. The molecule has 0 heterocycles. The summed E-state index contributed by atoms with van der Waals surface area (Å²) in [4.78, 5) is 0. The first-order chi connectivity index (χ1) is 5.24. The maximum atomic E-state index is 9.35. The van der Waals surface area contributed by atoms with Crippen LogP contribution in [0.1, 0.15) is 11.1 Å². The highest BCUT2D eigenvalue weighted by molar-refractivity contribution is 9.09. The second kappa shape index (κ2) is 3.77. The standard InChI is InChI=1S/C9H11BrO/c1-7-2-3-9(11)8(6-7)4-5-10/h2-3,6,11H,4-5H2,1H3. The van der Waals surface area contributed by atoms with E-state index in [1.807, 2.05) is 19.1 Å². The molecule has 60 valence electrons. The third-order valence-electron chi connectivity index (χ3n) is 1.60. The summed E-state index contributed by atoms with van der Waals surface area (Å²) >= 11 is 3.33. The molecule has 0 aromatic heterocycles. The Morgan fingerprint density at radius 1 is 1.45 bits per heavy atom. The van der Waals surface area contributed by atoms with Gasteiger partial charge in [0, 0.05) is 5.33 Å². The summed E-state index contributed by atoms with van der Waals surface area (Å²) in [5.41, 5.74) is 2.21. The van der Waals surface area contributed by atoms with E-state index in [0.29, 0.717) is 5.75 Å². The van der Waals surface area contributed by atoms with E-state index in [1.54, 1.807) is 6.07 Å². The predicted molar refractivity (Wildman–Crippen MR) is 50.3 cm³/mol. The Kier molecular flexibility index (Phi) is 2.94. The molecule has 0 unspecified atom stereocenters. The SMILES string of the molecule is Cc1ccc(O)c(CCBr)c1. The lowest BCUT2D eigenvalue weighted by atomic mass is 10.1. The van der Waals surface area contributed by atoms with Gasteiger partial charge in [0.1, 0.15) is 5.75 Å². The molecule has 2 heteroatoms. The van der Waals surface area contributed by atoms with Crippen molar-refractivity contribution >= 4 is 15.9 Å². The highest BCUT2D eigenvalue weighted by Crippen LogP contribution is 2.18. The Balaban J connectivity index is 2.93. The van der Waals surface area contributed by atoms with E-state index in [4.69, 9.17) is 0 Å². The zero-order valence-electron chi connectivity index (χ0n) is 6.47. The number of phenolic OH excluding ortho intramolecular Hbond substituents is 1. The zero-order chi connectivity index (χ0) is 8.27. The van der Waals surface area contributed by atoms with Crippen molar-refractivity contribution in [3.8, 4) is 5.75 Å². The van der Waals surface area contributed by atoms with Gasteiger partial charge in [0.15, 0.2) is 0 Å². The molecular weight excluding hydrogens is 204 g/mol. The summed E-state index contributed by atoms with van der Waals surface area (Å²) in [5, 5.41) is 10.2. The fraction of sp³-hybridized carbons (Fsp3) is 0.333. The average molecular weight is 215 g/mol. The predicted octanol–water partition coefficient (Wildman–Crippen LogP) is 2.64. The third kappa shape index (κ3) is 2.22. The van der Waals surface area contributed by atoms with E-state index in [0.717, 1.165) is 17.3 Å². The Bertz CT molecular complexity index is 245. The molecule has 1 N–H and O–H groups in total. The Labute approximate surface area is 75.2 Å². The van der Waals surface area contributed by atoms with Gasteiger partial charge in [0.25, 0.3) is 0 Å². The number of halogens is 1. The van der Waals surface area contributed by atoms with Gasteiger partial charge in [-0.3, -0.25) is 0 Å². The number of aromatic hydroxyl groups is 1. The molecule has 0 atom stereocenters. The van der Waals surface area contributed by atoms with E-state index in [1.165, 1.54) is 5.56 Å². The molecule has 0 saturated heterocycles. The summed E-state index contributed by atoms with van der Waals surface area (Å²) in [7, 11) is 0. The normalized spacial score (nSPS) is 10.0. The van der Waals surface area contributed by atoms with Crippen LogP contribution in [0.4, 0.5) is 0 Å². The number of aryl methyl sites for hydroxylation is 2. The fourth-order valence-electron chi connectivity index (χ4n) is 1.02. The lowest BCUT2D eigenvalue weighted by Crippen LogP contribution is -1.87. The lowest BCUT2D eigenvalue weighted by Gasteiger charge is -2.02. The van der Waals surface area contributed by atoms with Gasteiger partial charge in [-0.1, -0.05) is 33.6 Å². The quantitative estimate of drug-likeness (QED) is 0.752. The number of rotatable bonds is 2. The Morgan fingerprint density at radius 3 is 2.82 bits per heavy atom. The van der Waals surface area contributed by atoms with Crippen molar-refractivity contribution in [1.82, 2.24) is 0 Å². The molecule has 0 spiro atoms. The smallest absolute Gasteiger partial charge is 0.118 e. The Hall–Kier alpha value is -0.500. The van der Waals surface area contributed by atoms with Gasteiger partial charge in [0.2, 0.25) is 0 Å². The van der Waals surface area contributed by atoms with Crippen LogP contribution in [0.3, 0.4) is 0 Å². The maximum Gasteiger partial charge on any atom is 0.118 e. The minimum atomic E-state index is 0.398. The molecule has 1 aromatic carbocycles. The molecule has 1 rings (SSSR count). The molecule has 0 radical (unpaired) electrons. The molecule has 0 fully saturated rings. The summed E-state index contributed by atoms with van der Waals surface area (Å²) < 4.78 is 0. The molecule has 11 heavy (non-hydrogen) atoms. The first kappa shape index (κ1) is 8.60. The van der Waals surface area contributed by atoms with Crippen molar-refractivity contribution in [2.24, 2.45) is 0 Å². The van der Waals surface area contributed by atoms with Crippen molar-refractivity contribution < 1.29 is 5.11 Å². The first-order valence-corrected chi connectivity index (χ1v) is 4.70. The first-order valence-electron chi connectivity index (χ1n) is 3.58. The molecule has 0 aliphatic carbocycles. The van der Waals surface area contributed by atoms with E-state index in [-0.39, 0.29) is 0 Å². The number of phenols is 1. The van der Waals surface area contributed by atoms with Crippen LogP contribution in [0.5, 0.6) is 5.75 Å². The van der Waals surface area contributed by atoms with Gasteiger partial charge in [-0.2, -0.15) is 0 Å². The Morgan fingerprint density at radius 2 is 2.18 bits per heavy atom. The largest absolute Gasteiger partial charge is 0.508 e. The highest BCUT2D eigenvalue weighted by Gasteiger charge is 1.98. The van der Waals surface area contributed by atoms with Crippen molar-refractivity contribution in [1.29, 1.82) is 0 Å². The minimum absolute atomic E-state index is 0.398. The topological polar surface area (TPSA) is 20.2 Å². The van der Waals surface area contributed by atoms with Crippen molar-refractivity contribution in [3.63, 3.8) is 0 Å². The average Bonchev–Trinajstić information content (AvgIpc) is 1.98. The van der Waals surface area contributed by atoms with Gasteiger partial charge in [0.05, 0.1) is 0 Å². The second-order valence-electron chi connectivity index (χ2n) is 2.57. The highest BCUT2D eigenvalue weighted by atomic mass is 79.9. The summed E-state index contributed by atoms with van der Waals surface area (Å²) in [6.45, 7) is 2.02. The number of hydrogen-bond donors (Lipinski definition) is 1. The third-order valence-corrected chi connectivity index (χ3v) is 2.00. The van der Waals surface area contributed by atoms with Crippen LogP contribution in [0.15, 0.2) is 18.2 Å². The van der Waals surface area contributed by atoms with Crippen molar-refractivity contribution in [3.05, 3.63) is 29.3 Å². The van der Waals surface area contributed by atoms with Crippen LogP contribution in [-0.2, 0) is 6.42 Å². The van der Waals surface area contributed by atoms with Crippen LogP contribution >= 0.6 is 15.9 Å². The van der Waals surface area contributed by atoms with E-state index in [2.05, 4.69) is 15.9 Å². The van der Waals surface area contributed by atoms with E-state index in [9.17, 15) is 5.11 Å². The summed E-state index contributed by atoms with van der Waals surface area (Å²) in [6.07, 6.45) is 0.882. The van der Waals surface area contributed by atoms with Gasteiger partial charge < -0.3 is 5.11 Å². The molecule has 0 saturated carbocycles. The molecular formula is C9H11BrO. The van der Waals surface area contributed by atoms with Crippen LogP contribution in [0, 0.1) is 6.92 Å². The van der Waals surface area contributed by atoms with Crippen LogP contribution in [0.2, 0.25) is 0 Å². The van der Waals surface area contributed by atoms with Crippen molar-refractivity contribution in [2.75, 3.05) is 5.33 Å². The van der Waals surface area contributed by atoms with Crippen LogP contribution in [0.25, 0.3) is 0 Å². The van der Waals surface area contributed by atoms with Gasteiger partial charge in [-0.25, -0.2) is 0 Å². The summed E-state index contributed by atoms with van der Waals surface area (Å²) in [5.74, 6) is 0.398. The second-order valence-corrected chi connectivity index (χ2v) is 3.36. The molecule has 0 bridgehead atoms. The van der Waals surface area contributed by atoms with Gasteiger partial charge in [-0.15, -0.1) is 0 Å². The van der Waals surface area contributed by atoms with Gasteiger partial charge in [-0.05, 0) is 25.0 Å². The number of alkyl halides is 1. The lowest BCUT2D eigenvalue weighted by molar-refractivity contribution is 0.469. The van der Waals surface area contributed by atoms with E-state index < -0.39 is 0 Å². The molecule has 1 aromatic rings. The van der Waals surface area contributed by atoms with Crippen LogP contribution < -0.4 is 0 Å². The molecule has 0 aliphatic heterocycles. The molecule has 0 aliphatic rings.